The summed E-state index contributed by atoms with van der Waals surface area (Å²) in [4.78, 5) is 16.2. The van der Waals surface area contributed by atoms with E-state index in [-0.39, 0.29) is 5.91 Å². The number of nitrogens with one attached hydrogen (secondary N) is 1. The molecule has 0 spiro atoms. The van der Waals surface area contributed by atoms with Crippen LogP contribution in [0.5, 0.6) is 11.5 Å². The van der Waals surface area contributed by atoms with E-state index in [4.69, 9.17) is 16.3 Å². The van der Waals surface area contributed by atoms with E-state index in [1.807, 2.05) is 30.3 Å². The molecule has 1 N–H and O–H groups in total. The highest BCUT2D eigenvalue weighted by Gasteiger charge is 2.11. The monoisotopic (exact) mass is 324 g/mol. The van der Waals surface area contributed by atoms with Crippen LogP contribution in [-0.2, 0) is 0 Å². The van der Waals surface area contributed by atoms with Crippen molar-refractivity contribution < 1.29 is 9.53 Å². The van der Waals surface area contributed by atoms with Crippen LogP contribution in [0.2, 0.25) is 5.02 Å². The third kappa shape index (κ3) is 3.87. The SMILES string of the molecule is O=C(Nc1cc(Cl)ccc1Oc1ccccc1)c1cccnc1. The van der Waals surface area contributed by atoms with Gasteiger partial charge in [-0.3, -0.25) is 9.78 Å². The van der Waals surface area contributed by atoms with Crippen LogP contribution in [0.25, 0.3) is 0 Å². The molecule has 0 bridgehead atoms. The van der Waals surface area contributed by atoms with Gasteiger partial charge in [-0.05, 0) is 42.5 Å². The number of amides is 1. The molecule has 0 fully saturated rings. The van der Waals surface area contributed by atoms with Gasteiger partial charge >= 0.3 is 0 Å². The number of halogens is 1. The second-order valence-electron chi connectivity index (χ2n) is 4.75. The summed E-state index contributed by atoms with van der Waals surface area (Å²) in [7, 11) is 0. The zero-order valence-electron chi connectivity index (χ0n) is 12.1. The minimum Gasteiger partial charge on any atom is -0.455 e. The first kappa shape index (κ1) is 15.1. The zero-order chi connectivity index (χ0) is 16.1. The molecule has 1 amide bonds. The molecule has 3 aromatic rings. The van der Waals surface area contributed by atoms with Gasteiger partial charge in [-0.25, -0.2) is 0 Å². The summed E-state index contributed by atoms with van der Waals surface area (Å²) in [5, 5.41) is 3.31. The molecule has 1 aromatic heterocycles. The quantitative estimate of drug-likeness (QED) is 0.751. The summed E-state index contributed by atoms with van der Waals surface area (Å²) in [6.07, 6.45) is 3.11. The second kappa shape index (κ2) is 6.94. The number of benzene rings is 2. The van der Waals surface area contributed by atoms with Crippen molar-refractivity contribution in [2.45, 2.75) is 0 Å². The van der Waals surface area contributed by atoms with Crippen molar-refractivity contribution in [3.8, 4) is 11.5 Å². The highest BCUT2D eigenvalue weighted by atomic mass is 35.5. The Bertz CT molecular complexity index is 808. The predicted molar refractivity (Wildman–Crippen MR) is 90.2 cm³/mol. The standard InChI is InChI=1S/C18H13ClN2O2/c19-14-8-9-17(23-15-6-2-1-3-7-15)16(11-14)21-18(22)13-5-4-10-20-12-13/h1-12H,(H,21,22). The molecule has 23 heavy (non-hydrogen) atoms. The van der Waals surface area contributed by atoms with E-state index in [9.17, 15) is 4.79 Å². The molecule has 0 aliphatic carbocycles. The molecule has 4 nitrogen and oxygen atoms in total. The number of pyridine rings is 1. The molecule has 0 aliphatic heterocycles. The third-order valence-corrected chi connectivity index (χ3v) is 3.32. The minimum absolute atomic E-state index is 0.279. The summed E-state index contributed by atoms with van der Waals surface area (Å²) in [5.41, 5.74) is 0.952. The van der Waals surface area contributed by atoms with Gasteiger partial charge in [-0.15, -0.1) is 0 Å². The van der Waals surface area contributed by atoms with Gasteiger partial charge in [0, 0.05) is 17.4 Å². The summed E-state index contributed by atoms with van der Waals surface area (Å²) >= 11 is 6.03. The summed E-state index contributed by atoms with van der Waals surface area (Å²) in [6.45, 7) is 0. The summed E-state index contributed by atoms with van der Waals surface area (Å²) < 4.78 is 5.81. The molecule has 0 saturated heterocycles. The maximum Gasteiger partial charge on any atom is 0.257 e. The maximum atomic E-state index is 12.3. The zero-order valence-corrected chi connectivity index (χ0v) is 12.8. The molecular formula is C18H13ClN2O2. The lowest BCUT2D eigenvalue weighted by Gasteiger charge is -2.12. The van der Waals surface area contributed by atoms with E-state index in [0.29, 0.717) is 27.8 Å². The van der Waals surface area contributed by atoms with Crippen LogP contribution < -0.4 is 10.1 Å². The molecule has 1 heterocycles. The fourth-order valence-corrected chi connectivity index (χ4v) is 2.17. The van der Waals surface area contributed by atoms with E-state index in [0.717, 1.165) is 0 Å². The largest absolute Gasteiger partial charge is 0.455 e. The molecule has 0 saturated carbocycles. The number of anilines is 1. The van der Waals surface area contributed by atoms with Crippen LogP contribution in [0.15, 0.2) is 73.1 Å². The van der Waals surface area contributed by atoms with Gasteiger partial charge in [0.25, 0.3) is 5.91 Å². The minimum atomic E-state index is -0.279. The lowest BCUT2D eigenvalue weighted by atomic mass is 10.2. The highest BCUT2D eigenvalue weighted by Crippen LogP contribution is 2.32. The molecule has 0 unspecified atom stereocenters. The van der Waals surface area contributed by atoms with Crippen molar-refractivity contribution in [3.63, 3.8) is 0 Å². The number of carbonyl (C=O) groups excluding carboxylic acids is 1. The van der Waals surface area contributed by atoms with Crippen molar-refractivity contribution >= 4 is 23.2 Å². The Morgan fingerprint density at radius 3 is 2.61 bits per heavy atom. The van der Waals surface area contributed by atoms with Crippen molar-refractivity contribution in [2.75, 3.05) is 5.32 Å². The van der Waals surface area contributed by atoms with Crippen molar-refractivity contribution in [3.05, 3.63) is 83.6 Å². The van der Waals surface area contributed by atoms with Crippen LogP contribution in [0.1, 0.15) is 10.4 Å². The van der Waals surface area contributed by atoms with Gasteiger partial charge in [0.15, 0.2) is 5.75 Å². The Kier molecular flexibility index (Phi) is 4.54. The summed E-state index contributed by atoms with van der Waals surface area (Å²) in [5.74, 6) is 0.905. The van der Waals surface area contributed by atoms with Gasteiger partial charge in [0.1, 0.15) is 5.75 Å². The van der Waals surface area contributed by atoms with Gasteiger partial charge in [-0.1, -0.05) is 29.8 Å². The van der Waals surface area contributed by atoms with E-state index >= 15 is 0 Å². The average molecular weight is 325 g/mol. The topological polar surface area (TPSA) is 51.2 Å². The van der Waals surface area contributed by atoms with Gasteiger partial charge in [0.2, 0.25) is 0 Å². The fourth-order valence-electron chi connectivity index (χ4n) is 2.00. The maximum absolute atomic E-state index is 12.3. The number of hydrogen-bond acceptors (Lipinski definition) is 3. The normalized spacial score (nSPS) is 10.1. The van der Waals surface area contributed by atoms with E-state index in [2.05, 4.69) is 10.3 Å². The second-order valence-corrected chi connectivity index (χ2v) is 5.19. The molecule has 5 heteroatoms. The third-order valence-electron chi connectivity index (χ3n) is 3.08. The van der Waals surface area contributed by atoms with Crippen LogP contribution >= 0.6 is 11.6 Å². The lowest BCUT2D eigenvalue weighted by Crippen LogP contribution is -2.12. The molecule has 0 atom stereocenters. The summed E-state index contributed by atoms with van der Waals surface area (Å²) in [6, 6.07) is 17.8. The van der Waals surface area contributed by atoms with Gasteiger partial charge in [0.05, 0.1) is 11.3 Å². The first-order valence-corrected chi connectivity index (χ1v) is 7.34. The van der Waals surface area contributed by atoms with Crippen molar-refractivity contribution in [1.29, 1.82) is 0 Å². The number of hydrogen-bond donors (Lipinski definition) is 1. The van der Waals surface area contributed by atoms with Crippen LogP contribution in [0.3, 0.4) is 0 Å². The lowest BCUT2D eigenvalue weighted by molar-refractivity contribution is 0.102. The highest BCUT2D eigenvalue weighted by molar-refractivity contribution is 6.31. The number of nitrogens with zero attached hydrogens (tertiary/aromatic N) is 1. The Morgan fingerprint density at radius 2 is 1.87 bits per heavy atom. The number of ether oxygens (including phenoxy) is 1. The number of para-hydroxylation sites is 1. The predicted octanol–water partition coefficient (Wildman–Crippen LogP) is 4.78. The van der Waals surface area contributed by atoms with Crippen molar-refractivity contribution in [2.24, 2.45) is 0 Å². The molecular weight excluding hydrogens is 312 g/mol. The van der Waals surface area contributed by atoms with E-state index in [1.165, 1.54) is 6.20 Å². The molecule has 2 aromatic carbocycles. The van der Waals surface area contributed by atoms with E-state index < -0.39 is 0 Å². The van der Waals surface area contributed by atoms with Gasteiger partial charge < -0.3 is 10.1 Å². The van der Waals surface area contributed by atoms with Crippen LogP contribution in [-0.4, -0.2) is 10.9 Å². The molecule has 0 aliphatic rings. The molecule has 0 radical (unpaired) electrons. The van der Waals surface area contributed by atoms with E-state index in [1.54, 1.807) is 36.5 Å². The number of aromatic nitrogens is 1. The molecule has 3 rings (SSSR count). The average Bonchev–Trinajstić information content (AvgIpc) is 2.59. The Morgan fingerprint density at radius 1 is 1.04 bits per heavy atom. The van der Waals surface area contributed by atoms with Crippen molar-refractivity contribution in [1.82, 2.24) is 4.98 Å². The number of rotatable bonds is 4. The smallest absolute Gasteiger partial charge is 0.257 e. The van der Waals surface area contributed by atoms with Crippen LogP contribution in [0.4, 0.5) is 5.69 Å². The Hall–Kier alpha value is -2.85. The Labute approximate surface area is 138 Å². The molecule has 114 valence electrons. The first-order valence-electron chi connectivity index (χ1n) is 6.96. The first-order chi connectivity index (χ1) is 11.2. The Balaban J connectivity index is 1.86. The number of carbonyl (C=O) groups is 1. The fraction of sp³-hybridized carbons (Fsp3) is 0. The van der Waals surface area contributed by atoms with Gasteiger partial charge in [-0.2, -0.15) is 0 Å². The van der Waals surface area contributed by atoms with Crippen LogP contribution in [0, 0.1) is 0 Å².